The summed E-state index contributed by atoms with van der Waals surface area (Å²) < 4.78 is 5.99. The summed E-state index contributed by atoms with van der Waals surface area (Å²) in [6.07, 6.45) is 5.06. The highest BCUT2D eigenvalue weighted by Gasteiger charge is 2.32. The molecule has 0 radical (unpaired) electrons. The minimum atomic E-state index is 0.416. The molecule has 2 rings (SSSR count). The summed E-state index contributed by atoms with van der Waals surface area (Å²) in [5, 5.41) is 0. The molecule has 1 fully saturated rings. The van der Waals surface area contributed by atoms with E-state index in [2.05, 4.69) is 50.2 Å². The van der Waals surface area contributed by atoms with Crippen LogP contribution < -0.4 is 4.74 Å². The summed E-state index contributed by atoms with van der Waals surface area (Å²) >= 11 is 0. The van der Waals surface area contributed by atoms with Gasteiger partial charge in [-0.05, 0) is 51.1 Å². The Morgan fingerprint density at radius 2 is 2.06 bits per heavy atom. The van der Waals surface area contributed by atoms with Crippen LogP contribution in [0.2, 0.25) is 0 Å². The van der Waals surface area contributed by atoms with Crippen LogP contribution in [0.15, 0.2) is 24.3 Å². The zero-order chi connectivity index (χ0) is 12.3. The van der Waals surface area contributed by atoms with Crippen LogP contribution in [0.5, 0.6) is 5.75 Å². The smallest absolute Gasteiger partial charge is 0.119 e. The number of rotatable bonds is 5. The van der Waals surface area contributed by atoms with Crippen LogP contribution in [0.1, 0.15) is 31.7 Å². The Kier molecular flexibility index (Phi) is 4.06. The van der Waals surface area contributed by atoms with Crippen molar-refractivity contribution in [3.05, 3.63) is 29.8 Å². The van der Waals surface area contributed by atoms with Gasteiger partial charge in [-0.25, -0.2) is 0 Å². The summed E-state index contributed by atoms with van der Waals surface area (Å²) in [5.74, 6) is 1.04. The number of benzene rings is 1. The second-order valence-electron chi connectivity index (χ2n) is 5.23. The van der Waals surface area contributed by atoms with Gasteiger partial charge in [-0.15, -0.1) is 0 Å². The molecule has 0 bridgehead atoms. The Labute approximate surface area is 105 Å². The number of hydrogen-bond acceptors (Lipinski definition) is 2. The van der Waals surface area contributed by atoms with Gasteiger partial charge in [-0.1, -0.05) is 25.5 Å². The van der Waals surface area contributed by atoms with E-state index in [9.17, 15) is 0 Å². The maximum atomic E-state index is 5.99. The molecule has 0 saturated heterocycles. The summed E-state index contributed by atoms with van der Waals surface area (Å²) in [5.41, 5.74) is 1.38. The lowest BCUT2D eigenvalue weighted by Crippen LogP contribution is -2.46. The largest absolute Gasteiger partial charge is 0.490 e. The Bertz CT molecular complexity index is 356. The van der Waals surface area contributed by atoms with Crippen molar-refractivity contribution in [2.75, 3.05) is 14.1 Å². The molecule has 2 heteroatoms. The molecule has 0 aromatic heterocycles. The zero-order valence-corrected chi connectivity index (χ0v) is 11.1. The van der Waals surface area contributed by atoms with Crippen LogP contribution in [0, 0.1) is 0 Å². The molecular weight excluding hydrogens is 210 g/mol. The van der Waals surface area contributed by atoms with E-state index in [-0.39, 0.29) is 0 Å². The standard InChI is InChI=1S/C15H23NO/c1-4-6-12-7-5-8-14(9-12)17-15-10-13(11-15)16(2)3/h5,7-9,13,15H,4,6,10-11H2,1-3H3/t13-,15-. The first-order valence-corrected chi connectivity index (χ1v) is 6.61. The van der Waals surface area contributed by atoms with Crippen molar-refractivity contribution in [1.29, 1.82) is 0 Å². The van der Waals surface area contributed by atoms with Gasteiger partial charge in [0.25, 0.3) is 0 Å². The van der Waals surface area contributed by atoms with Crippen molar-refractivity contribution in [1.82, 2.24) is 4.90 Å². The van der Waals surface area contributed by atoms with Gasteiger partial charge in [-0.2, -0.15) is 0 Å². The van der Waals surface area contributed by atoms with Gasteiger partial charge in [0.05, 0.1) is 0 Å². The topological polar surface area (TPSA) is 12.5 Å². The molecule has 0 heterocycles. The fourth-order valence-corrected chi connectivity index (χ4v) is 2.31. The van der Waals surface area contributed by atoms with Crippen molar-refractivity contribution < 1.29 is 4.74 Å². The normalized spacial score (nSPS) is 23.5. The highest BCUT2D eigenvalue weighted by atomic mass is 16.5. The van der Waals surface area contributed by atoms with E-state index in [0.29, 0.717) is 12.1 Å². The number of nitrogens with zero attached hydrogens (tertiary/aromatic N) is 1. The quantitative estimate of drug-likeness (QED) is 0.775. The van der Waals surface area contributed by atoms with E-state index in [1.807, 2.05) is 0 Å². The molecule has 1 saturated carbocycles. The zero-order valence-electron chi connectivity index (χ0n) is 11.1. The molecular formula is C15H23NO. The van der Waals surface area contributed by atoms with Crippen LogP contribution in [0.25, 0.3) is 0 Å². The molecule has 2 nitrogen and oxygen atoms in total. The molecule has 1 aromatic rings. The predicted octanol–water partition coefficient (Wildman–Crippen LogP) is 3.11. The third-order valence-corrected chi connectivity index (χ3v) is 3.54. The van der Waals surface area contributed by atoms with Crippen molar-refractivity contribution in [3.63, 3.8) is 0 Å². The highest BCUT2D eigenvalue weighted by Crippen LogP contribution is 2.28. The summed E-state index contributed by atoms with van der Waals surface area (Å²) in [7, 11) is 4.28. The third-order valence-electron chi connectivity index (χ3n) is 3.54. The SMILES string of the molecule is CCCc1cccc(O[C@H]2C[C@H](N(C)C)C2)c1. The van der Waals surface area contributed by atoms with Gasteiger partial charge in [0, 0.05) is 6.04 Å². The van der Waals surface area contributed by atoms with Gasteiger partial charge >= 0.3 is 0 Å². The van der Waals surface area contributed by atoms with Crippen molar-refractivity contribution in [3.8, 4) is 5.75 Å². The molecule has 94 valence electrons. The fraction of sp³-hybridized carbons (Fsp3) is 0.600. The number of ether oxygens (including phenoxy) is 1. The average Bonchev–Trinajstić information content (AvgIpc) is 2.23. The van der Waals surface area contributed by atoms with Crippen LogP contribution in [0.4, 0.5) is 0 Å². The van der Waals surface area contributed by atoms with Gasteiger partial charge in [-0.3, -0.25) is 0 Å². The molecule has 1 aromatic carbocycles. The number of aryl methyl sites for hydroxylation is 1. The molecule has 0 N–H and O–H groups in total. The molecule has 0 spiro atoms. The molecule has 0 aliphatic heterocycles. The fourth-order valence-electron chi connectivity index (χ4n) is 2.31. The van der Waals surface area contributed by atoms with E-state index >= 15 is 0 Å². The van der Waals surface area contributed by atoms with Crippen molar-refractivity contribution in [2.45, 2.75) is 44.8 Å². The molecule has 0 amide bonds. The van der Waals surface area contributed by atoms with E-state index in [1.54, 1.807) is 0 Å². The van der Waals surface area contributed by atoms with Gasteiger partial charge < -0.3 is 9.64 Å². The Morgan fingerprint density at radius 3 is 2.71 bits per heavy atom. The lowest BCUT2D eigenvalue weighted by molar-refractivity contribution is 0.0400. The van der Waals surface area contributed by atoms with Crippen LogP contribution >= 0.6 is 0 Å². The van der Waals surface area contributed by atoms with Crippen molar-refractivity contribution in [2.24, 2.45) is 0 Å². The van der Waals surface area contributed by atoms with Gasteiger partial charge in [0.15, 0.2) is 0 Å². The first-order chi connectivity index (χ1) is 8.19. The van der Waals surface area contributed by atoms with E-state index in [0.717, 1.165) is 25.0 Å². The summed E-state index contributed by atoms with van der Waals surface area (Å²) in [6.45, 7) is 2.21. The van der Waals surface area contributed by atoms with E-state index < -0.39 is 0 Å². The molecule has 0 unspecified atom stereocenters. The third kappa shape index (κ3) is 3.22. The Balaban J connectivity index is 1.85. The van der Waals surface area contributed by atoms with Crippen LogP contribution in [0.3, 0.4) is 0 Å². The average molecular weight is 233 g/mol. The predicted molar refractivity (Wildman–Crippen MR) is 71.6 cm³/mol. The van der Waals surface area contributed by atoms with Crippen LogP contribution in [-0.4, -0.2) is 31.1 Å². The van der Waals surface area contributed by atoms with Gasteiger partial charge in [0.1, 0.15) is 11.9 Å². The van der Waals surface area contributed by atoms with E-state index in [4.69, 9.17) is 4.74 Å². The maximum absolute atomic E-state index is 5.99. The second kappa shape index (κ2) is 5.54. The lowest BCUT2D eigenvalue weighted by Gasteiger charge is -2.39. The molecule has 1 aliphatic carbocycles. The summed E-state index contributed by atoms with van der Waals surface area (Å²) in [4.78, 5) is 2.29. The monoisotopic (exact) mass is 233 g/mol. The number of hydrogen-bond donors (Lipinski definition) is 0. The molecule has 0 atom stereocenters. The minimum Gasteiger partial charge on any atom is -0.490 e. The van der Waals surface area contributed by atoms with Crippen LogP contribution in [-0.2, 0) is 6.42 Å². The first kappa shape index (κ1) is 12.4. The van der Waals surface area contributed by atoms with E-state index in [1.165, 1.54) is 12.0 Å². The lowest BCUT2D eigenvalue weighted by atomic mass is 9.88. The first-order valence-electron chi connectivity index (χ1n) is 6.61. The van der Waals surface area contributed by atoms with Crippen molar-refractivity contribution >= 4 is 0 Å². The van der Waals surface area contributed by atoms with Gasteiger partial charge in [0.2, 0.25) is 0 Å². The highest BCUT2D eigenvalue weighted by molar-refractivity contribution is 5.29. The second-order valence-corrected chi connectivity index (χ2v) is 5.23. The summed E-state index contributed by atoms with van der Waals surface area (Å²) in [6, 6.07) is 9.25. The maximum Gasteiger partial charge on any atom is 0.119 e. The Morgan fingerprint density at radius 1 is 1.29 bits per heavy atom. The Hall–Kier alpha value is -1.02. The molecule has 17 heavy (non-hydrogen) atoms. The molecule has 1 aliphatic rings. The minimum absolute atomic E-state index is 0.416.